The van der Waals surface area contributed by atoms with Crippen LogP contribution < -0.4 is 10.6 Å². The van der Waals surface area contributed by atoms with Crippen molar-refractivity contribution in [3.8, 4) is 0 Å². The van der Waals surface area contributed by atoms with Gasteiger partial charge in [-0.15, -0.1) is 0 Å². The third-order valence-corrected chi connectivity index (χ3v) is 4.57. The second-order valence-electron chi connectivity index (χ2n) is 4.58. The lowest BCUT2D eigenvalue weighted by atomic mass is 10.0. The average Bonchev–Trinajstić information content (AvgIpc) is 3.00. The Morgan fingerprint density at radius 2 is 2.00 bits per heavy atom. The first-order valence-corrected chi connectivity index (χ1v) is 8.39. The minimum atomic E-state index is -0.269. The maximum Gasteiger partial charge on any atom is 0.258 e. The van der Waals surface area contributed by atoms with Crippen LogP contribution in [-0.2, 0) is 0 Å². The molecular formula is C15H12ClN3OS2. The van der Waals surface area contributed by atoms with Gasteiger partial charge in [0, 0.05) is 21.7 Å². The zero-order valence-electron chi connectivity index (χ0n) is 11.4. The number of thioether (sulfide) groups is 1. The van der Waals surface area contributed by atoms with Crippen LogP contribution in [0.2, 0.25) is 5.02 Å². The number of benzene rings is 2. The SMILES string of the molecule is O=C(NC(=S)NC1=NCCS1)c1cccc2c(Cl)cccc12. The Kier molecular flexibility index (Phi) is 4.61. The smallest absolute Gasteiger partial charge is 0.258 e. The lowest BCUT2D eigenvalue weighted by molar-refractivity contribution is 0.0978. The molecule has 0 spiro atoms. The van der Waals surface area contributed by atoms with Crippen molar-refractivity contribution in [1.82, 2.24) is 10.6 Å². The highest BCUT2D eigenvalue weighted by atomic mass is 35.5. The maximum absolute atomic E-state index is 12.4. The van der Waals surface area contributed by atoms with Crippen molar-refractivity contribution in [2.24, 2.45) is 4.99 Å². The molecule has 0 saturated heterocycles. The number of amidine groups is 1. The topological polar surface area (TPSA) is 53.5 Å². The summed E-state index contributed by atoms with van der Waals surface area (Å²) in [5, 5.41) is 8.84. The molecule has 22 heavy (non-hydrogen) atoms. The summed E-state index contributed by atoms with van der Waals surface area (Å²) >= 11 is 12.9. The minimum absolute atomic E-state index is 0.247. The molecule has 1 amide bonds. The van der Waals surface area contributed by atoms with Gasteiger partial charge in [-0.1, -0.05) is 47.6 Å². The van der Waals surface area contributed by atoms with Gasteiger partial charge in [0.15, 0.2) is 10.3 Å². The average molecular weight is 350 g/mol. The fraction of sp³-hybridized carbons (Fsp3) is 0.133. The largest absolute Gasteiger partial charge is 0.312 e. The van der Waals surface area contributed by atoms with E-state index in [1.165, 1.54) is 0 Å². The molecule has 3 rings (SSSR count). The number of carbonyl (C=O) groups excluding carboxylic acids is 1. The van der Waals surface area contributed by atoms with Crippen LogP contribution in [0.4, 0.5) is 0 Å². The minimum Gasteiger partial charge on any atom is -0.312 e. The molecule has 0 aliphatic carbocycles. The number of fused-ring (bicyclic) bond motifs is 1. The van der Waals surface area contributed by atoms with Gasteiger partial charge in [0.25, 0.3) is 5.91 Å². The first kappa shape index (κ1) is 15.3. The molecule has 0 unspecified atom stereocenters. The normalized spacial score (nSPS) is 13.8. The van der Waals surface area contributed by atoms with Crippen molar-refractivity contribution < 1.29 is 4.79 Å². The van der Waals surface area contributed by atoms with Crippen LogP contribution in [0, 0.1) is 0 Å². The van der Waals surface area contributed by atoms with Gasteiger partial charge >= 0.3 is 0 Å². The van der Waals surface area contributed by atoms with E-state index in [1.54, 1.807) is 30.0 Å². The highest BCUT2D eigenvalue weighted by Crippen LogP contribution is 2.25. The number of aliphatic imine (C=N–C) groups is 1. The lowest BCUT2D eigenvalue weighted by Crippen LogP contribution is -2.41. The molecule has 1 aliphatic rings. The molecule has 7 heteroatoms. The molecular weight excluding hydrogens is 338 g/mol. The van der Waals surface area contributed by atoms with Crippen molar-refractivity contribution >= 4 is 62.5 Å². The molecule has 1 aliphatic heterocycles. The van der Waals surface area contributed by atoms with E-state index in [1.807, 2.05) is 18.2 Å². The predicted molar refractivity (Wildman–Crippen MR) is 96.9 cm³/mol. The third kappa shape index (κ3) is 3.24. The maximum atomic E-state index is 12.4. The quantitative estimate of drug-likeness (QED) is 0.776. The molecule has 0 radical (unpaired) electrons. The van der Waals surface area contributed by atoms with Gasteiger partial charge in [-0.3, -0.25) is 15.1 Å². The van der Waals surface area contributed by atoms with E-state index in [0.29, 0.717) is 10.6 Å². The number of amides is 1. The van der Waals surface area contributed by atoms with Crippen LogP contribution in [-0.4, -0.2) is 28.5 Å². The zero-order chi connectivity index (χ0) is 15.5. The summed E-state index contributed by atoms with van der Waals surface area (Å²) in [6, 6.07) is 10.9. The van der Waals surface area contributed by atoms with Gasteiger partial charge in [0.1, 0.15) is 0 Å². The van der Waals surface area contributed by atoms with E-state index in [9.17, 15) is 4.79 Å². The summed E-state index contributed by atoms with van der Waals surface area (Å²) in [5.41, 5.74) is 0.533. The van der Waals surface area contributed by atoms with E-state index in [0.717, 1.165) is 28.2 Å². The fourth-order valence-corrected chi connectivity index (χ4v) is 3.40. The van der Waals surface area contributed by atoms with Gasteiger partial charge in [0.2, 0.25) is 0 Å². The zero-order valence-corrected chi connectivity index (χ0v) is 13.8. The second kappa shape index (κ2) is 6.64. The number of hydrogen-bond acceptors (Lipinski definition) is 4. The summed E-state index contributed by atoms with van der Waals surface area (Å²) in [6.45, 7) is 0.769. The summed E-state index contributed by atoms with van der Waals surface area (Å²) in [6.07, 6.45) is 0. The van der Waals surface area contributed by atoms with Crippen LogP contribution in [0.3, 0.4) is 0 Å². The highest BCUT2D eigenvalue weighted by molar-refractivity contribution is 8.14. The first-order valence-electron chi connectivity index (χ1n) is 6.62. The second-order valence-corrected chi connectivity index (χ2v) is 6.48. The van der Waals surface area contributed by atoms with Crippen molar-refractivity contribution in [3.63, 3.8) is 0 Å². The Hall–Kier alpha value is -1.63. The summed E-state index contributed by atoms with van der Waals surface area (Å²) in [4.78, 5) is 16.7. The van der Waals surface area contributed by atoms with Gasteiger partial charge < -0.3 is 5.32 Å². The lowest BCUT2D eigenvalue weighted by Gasteiger charge is -2.10. The Balaban J connectivity index is 1.80. The molecule has 2 aromatic carbocycles. The van der Waals surface area contributed by atoms with Gasteiger partial charge in [-0.05, 0) is 29.7 Å². The Morgan fingerprint density at radius 1 is 1.23 bits per heavy atom. The van der Waals surface area contributed by atoms with Crippen LogP contribution in [0.25, 0.3) is 10.8 Å². The molecule has 0 bridgehead atoms. The molecule has 0 atom stereocenters. The van der Waals surface area contributed by atoms with Crippen molar-refractivity contribution in [2.75, 3.05) is 12.3 Å². The van der Waals surface area contributed by atoms with Crippen LogP contribution in [0.15, 0.2) is 41.4 Å². The van der Waals surface area contributed by atoms with Gasteiger partial charge in [-0.2, -0.15) is 0 Å². The van der Waals surface area contributed by atoms with Crippen LogP contribution in [0.5, 0.6) is 0 Å². The molecule has 4 nitrogen and oxygen atoms in total. The van der Waals surface area contributed by atoms with E-state index in [2.05, 4.69) is 15.6 Å². The Bertz CT molecular complexity index is 791. The Morgan fingerprint density at radius 3 is 2.77 bits per heavy atom. The molecule has 0 aromatic heterocycles. The van der Waals surface area contributed by atoms with E-state index >= 15 is 0 Å². The highest BCUT2D eigenvalue weighted by Gasteiger charge is 2.14. The molecule has 0 saturated carbocycles. The standard InChI is InChI=1S/C15H12ClN3OS2/c16-12-6-2-3-9-10(12)4-1-5-11(9)13(20)18-14(21)19-15-17-7-8-22-15/h1-6H,7-8H2,(H2,17,18,19,20,21). The number of nitrogens with one attached hydrogen (secondary N) is 2. The number of rotatable bonds is 1. The number of halogens is 1. The van der Waals surface area contributed by atoms with Crippen LogP contribution in [0.1, 0.15) is 10.4 Å². The summed E-state index contributed by atoms with van der Waals surface area (Å²) in [7, 11) is 0. The van der Waals surface area contributed by atoms with Gasteiger partial charge in [-0.25, -0.2) is 0 Å². The van der Waals surface area contributed by atoms with Gasteiger partial charge in [0.05, 0.1) is 6.54 Å². The number of hydrogen-bond donors (Lipinski definition) is 2. The molecule has 2 aromatic rings. The monoisotopic (exact) mass is 349 g/mol. The molecule has 112 valence electrons. The molecule has 2 N–H and O–H groups in total. The third-order valence-electron chi connectivity index (χ3n) is 3.15. The van der Waals surface area contributed by atoms with E-state index in [-0.39, 0.29) is 11.0 Å². The number of carbonyl (C=O) groups is 1. The van der Waals surface area contributed by atoms with Crippen molar-refractivity contribution in [1.29, 1.82) is 0 Å². The van der Waals surface area contributed by atoms with Crippen LogP contribution >= 0.6 is 35.6 Å². The predicted octanol–water partition coefficient (Wildman–Crippen LogP) is 3.20. The number of thiocarbonyl (C=S) groups is 1. The van der Waals surface area contributed by atoms with E-state index in [4.69, 9.17) is 23.8 Å². The molecule has 1 heterocycles. The Labute approximate surface area is 142 Å². The molecule has 0 fully saturated rings. The number of nitrogens with zero attached hydrogens (tertiary/aromatic N) is 1. The van der Waals surface area contributed by atoms with E-state index < -0.39 is 0 Å². The van der Waals surface area contributed by atoms with Crippen molar-refractivity contribution in [2.45, 2.75) is 0 Å². The first-order chi connectivity index (χ1) is 10.6. The van der Waals surface area contributed by atoms with Crippen molar-refractivity contribution in [3.05, 3.63) is 47.0 Å². The summed E-state index contributed by atoms with van der Waals surface area (Å²) < 4.78 is 0. The summed E-state index contributed by atoms with van der Waals surface area (Å²) in [5.74, 6) is 0.662. The fourth-order valence-electron chi connectivity index (χ4n) is 2.18.